The number of likely N-dealkylation sites (tertiary alicyclic amines) is 1. The number of sulfonamides is 1. The Morgan fingerprint density at radius 3 is 2.43 bits per heavy atom. The van der Waals surface area contributed by atoms with E-state index >= 15 is 0 Å². The van der Waals surface area contributed by atoms with Crippen molar-refractivity contribution >= 4 is 21.9 Å². The Hall–Kier alpha value is -1.93. The standard InChI is InChI=1S/C20H28N2O5S/c1-2-27-20(24)17-9-6-12-21(14-17)19(23)16-8-7-13-22(15-16)28(25,26)18-10-4-3-5-11-18/h3-5,10-11,16-17H,2,6-9,12-15H2,1H3/t16-,17+/m1/s1. The smallest absolute Gasteiger partial charge is 0.310 e. The van der Waals surface area contributed by atoms with Crippen molar-refractivity contribution in [1.29, 1.82) is 0 Å². The Morgan fingerprint density at radius 1 is 1.04 bits per heavy atom. The average Bonchev–Trinajstić information content (AvgIpc) is 2.74. The second kappa shape index (κ2) is 9.05. The second-order valence-corrected chi connectivity index (χ2v) is 9.33. The van der Waals surface area contributed by atoms with E-state index < -0.39 is 10.0 Å². The van der Waals surface area contributed by atoms with Gasteiger partial charge in [-0.1, -0.05) is 18.2 Å². The Morgan fingerprint density at radius 2 is 1.71 bits per heavy atom. The molecule has 28 heavy (non-hydrogen) atoms. The van der Waals surface area contributed by atoms with Gasteiger partial charge < -0.3 is 9.64 Å². The number of nitrogens with zero attached hydrogens (tertiary/aromatic N) is 2. The van der Waals surface area contributed by atoms with E-state index in [9.17, 15) is 18.0 Å². The highest BCUT2D eigenvalue weighted by Gasteiger charge is 2.37. The molecule has 1 amide bonds. The van der Waals surface area contributed by atoms with Crippen LogP contribution in [0.4, 0.5) is 0 Å². The molecule has 0 radical (unpaired) electrons. The van der Waals surface area contributed by atoms with Gasteiger partial charge in [-0.2, -0.15) is 4.31 Å². The Kier molecular flexibility index (Phi) is 6.72. The fourth-order valence-corrected chi connectivity index (χ4v) is 5.54. The van der Waals surface area contributed by atoms with Gasteiger partial charge >= 0.3 is 5.97 Å². The molecule has 1 aromatic carbocycles. The van der Waals surface area contributed by atoms with E-state index in [-0.39, 0.29) is 35.2 Å². The van der Waals surface area contributed by atoms with Gasteiger partial charge in [0.05, 0.1) is 23.3 Å². The number of ether oxygens (including phenoxy) is 1. The summed E-state index contributed by atoms with van der Waals surface area (Å²) < 4.78 is 32.3. The summed E-state index contributed by atoms with van der Waals surface area (Å²) in [4.78, 5) is 27.0. The monoisotopic (exact) mass is 408 g/mol. The lowest BCUT2D eigenvalue weighted by molar-refractivity contribution is -0.152. The summed E-state index contributed by atoms with van der Waals surface area (Å²) in [6, 6.07) is 8.33. The lowest BCUT2D eigenvalue weighted by Gasteiger charge is -2.37. The van der Waals surface area contributed by atoms with Crippen molar-refractivity contribution in [3.05, 3.63) is 30.3 Å². The molecule has 0 saturated carbocycles. The van der Waals surface area contributed by atoms with Crippen LogP contribution < -0.4 is 0 Å². The van der Waals surface area contributed by atoms with Gasteiger partial charge in [-0.05, 0) is 44.7 Å². The molecule has 2 aliphatic rings. The molecule has 2 heterocycles. The van der Waals surface area contributed by atoms with Crippen molar-refractivity contribution in [2.45, 2.75) is 37.5 Å². The van der Waals surface area contributed by atoms with E-state index in [0.29, 0.717) is 39.1 Å². The molecular weight excluding hydrogens is 380 g/mol. The number of esters is 1. The van der Waals surface area contributed by atoms with Gasteiger partial charge in [0, 0.05) is 26.2 Å². The molecule has 0 unspecified atom stereocenters. The van der Waals surface area contributed by atoms with E-state index in [1.165, 1.54) is 4.31 Å². The van der Waals surface area contributed by atoms with E-state index in [1.807, 2.05) is 0 Å². The lowest BCUT2D eigenvalue weighted by atomic mass is 9.94. The van der Waals surface area contributed by atoms with Crippen LogP contribution in [0.3, 0.4) is 0 Å². The third kappa shape index (κ3) is 4.55. The number of piperidine rings is 2. The van der Waals surface area contributed by atoms with Crippen molar-refractivity contribution in [1.82, 2.24) is 9.21 Å². The number of hydrogen-bond donors (Lipinski definition) is 0. The average molecular weight is 409 g/mol. The predicted octanol–water partition coefficient (Wildman–Crippen LogP) is 1.89. The van der Waals surface area contributed by atoms with Crippen LogP contribution >= 0.6 is 0 Å². The number of carbonyl (C=O) groups is 2. The first-order valence-corrected chi connectivity index (χ1v) is 11.4. The minimum Gasteiger partial charge on any atom is -0.466 e. The molecule has 0 N–H and O–H groups in total. The maximum absolute atomic E-state index is 13.0. The number of carbonyl (C=O) groups excluding carboxylic acids is 2. The number of rotatable bonds is 5. The Labute approximate surface area is 166 Å². The van der Waals surface area contributed by atoms with Crippen molar-refractivity contribution in [3.8, 4) is 0 Å². The van der Waals surface area contributed by atoms with Gasteiger partial charge in [0.2, 0.25) is 15.9 Å². The topological polar surface area (TPSA) is 84.0 Å². The van der Waals surface area contributed by atoms with Crippen molar-refractivity contribution in [2.75, 3.05) is 32.8 Å². The van der Waals surface area contributed by atoms with Crippen molar-refractivity contribution < 1.29 is 22.7 Å². The molecule has 0 aliphatic carbocycles. The normalized spacial score (nSPS) is 24.0. The highest BCUT2D eigenvalue weighted by atomic mass is 32.2. The zero-order valence-corrected chi connectivity index (χ0v) is 17.1. The van der Waals surface area contributed by atoms with Crippen molar-refractivity contribution in [3.63, 3.8) is 0 Å². The quantitative estimate of drug-likeness (QED) is 0.695. The highest BCUT2D eigenvalue weighted by molar-refractivity contribution is 7.89. The maximum Gasteiger partial charge on any atom is 0.310 e. The maximum atomic E-state index is 13.0. The SMILES string of the molecule is CCOC(=O)[C@H]1CCCN(C(=O)[C@@H]2CCCN(S(=O)(=O)c3ccccc3)C2)C1. The summed E-state index contributed by atoms with van der Waals surface area (Å²) in [5, 5.41) is 0. The summed E-state index contributed by atoms with van der Waals surface area (Å²) in [6.07, 6.45) is 2.80. The first-order chi connectivity index (χ1) is 13.4. The summed E-state index contributed by atoms with van der Waals surface area (Å²) in [6.45, 7) is 3.69. The van der Waals surface area contributed by atoms with Crippen LogP contribution in [0.25, 0.3) is 0 Å². The third-order valence-corrected chi connectivity index (χ3v) is 7.35. The van der Waals surface area contributed by atoms with Crippen LogP contribution in [-0.4, -0.2) is 62.3 Å². The van der Waals surface area contributed by atoms with Crippen LogP contribution in [0.2, 0.25) is 0 Å². The van der Waals surface area contributed by atoms with E-state index in [1.54, 1.807) is 42.2 Å². The highest BCUT2D eigenvalue weighted by Crippen LogP contribution is 2.27. The fraction of sp³-hybridized carbons (Fsp3) is 0.600. The van der Waals surface area contributed by atoms with Crippen LogP contribution in [0.1, 0.15) is 32.6 Å². The molecule has 7 nitrogen and oxygen atoms in total. The van der Waals surface area contributed by atoms with Crippen LogP contribution in [0.5, 0.6) is 0 Å². The zero-order chi connectivity index (χ0) is 20.1. The summed E-state index contributed by atoms with van der Waals surface area (Å²) >= 11 is 0. The molecule has 2 atom stereocenters. The van der Waals surface area contributed by atoms with Gasteiger partial charge in [0.25, 0.3) is 0 Å². The second-order valence-electron chi connectivity index (χ2n) is 7.39. The molecule has 1 aromatic rings. The van der Waals surface area contributed by atoms with E-state index in [4.69, 9.17) is 4.74 Å². The Balaban J connectivity index is 1.67. The number of benzene rings is 1. The fourth-order valence-electron chi connectivity index (χ4n) is 3.99. The molecule has 154 valence electrons. The Bertz CT molecular complexity index is 796. The van der Waals surface area contributed by atoms with E-state index in [0.717, 1.165) is 12.8 Å². The van der Waals surface area contributed by atoms with Gasteiger partial charge in [-0.25, -0.2) is 8.42 Å². The number of amides is 1. The van der Waals surface area contributed by atoms with Crippen LogP contribution in [0, 0.1) is 11.8 Å². The van der Waals surface area contributed by atoms with Gasteiger partial charge in [-0.3, -0.25) is 9.59 Å². The van der Waals surface area contributed by atoms with Crippen LogP contribution in [-0.2, 0) is 24.3 Å². The molecule has 3 rings (SSSR count). The van der Waals surface area contributed by atoms with Gasteiger partial charge in [-0.15, -0.1) is 0 Å². The van der Waals surface area contributed by atoms with Gasteiger partial charge in [0.1, 0.15) is 0 Å². The van der Waals surface area contributed by atoms with Crippen molar-refractivity contribution in [2.24, 2.45) is 11.8 Å². The van der Waals surface area contributed by atoms with E-state index in [2.05, 4.69) is 0 Å². The molecule has 0 spiro atoms. The molecule has 2 aliphatic heterocycles. The summed E-state index contributed by atoms with van der Waals surface area (Å²) in [5.41, 5.74) is 0. The third-order valence-electron chi connectivity index (χ3n) is 5.47. The molecule has 0 aromatic heterocycles. The summed E-state index contributed by atoms with van der Waals surface area (Å²) in [5.74, 6) is -0.961. The molecule has 8 heteroatoms. The largest absolute Gasteiger partial charge is 0.466 e. The molecule has 2 saturated heterocycles. The molecular formula is C20H28N2O5S. The lowest BCUT2D eigenvalue weighted by Crippen LogP contribution is -2.50. The molecule has 0 bridgehead atoms. The first kappa shape index (κ1) is 20.8. The number of hydrogen-bond acceptors (Lipinski definition) is 5. The predicted molar refractivity (Wildman–Crippen MR) is 104 cm³/mol. The van der Waals surface area contributed by atoms with Gasteiger partial charge in [0.15, 0.2) is 0 Å². The summed E-state index contributed by atoms with van der Waals surface area (Å²) in [7, 11) is -3.60. The van der Waals surface area contributed by atoms with Crippen LogP contribution in [0.15, 0.2) is 35.2 Å². The molecule has 2 fully saturated rings. The minimum atomic E-state index is -3.60. The minimum absolute atomic E-state index is 0.0537. The zero-order valence-electron chi connectivity index (χ0n) is 16.2. The first-order valence-electron chi connectivity index (χ1n) is 9.94.